The fraction of sp³-hybridized carbons (Fsp3) is 0.200. The van der Waals surface area contributed by atoms with Crippen molar-refractivity contribution in [2.24, 2.45) is 0 Å². The molecule has 1 aromatic heterocycles. The van der Waals surface area contributed by atoms with E-state index in [2.05, 4.69) is 0 Å². The van der Waals surface area contributed by atoms with Gasteiger partial charge in [0.2, 0.25) is 0 Å². The van der Waals surface area contributed by atoms with Gasteiger partial charge in [0, 0.05) is 10.3 Å². The van der Waals surface area contributed by atoms with Crippen LogP contribution >= 0.6 is 23.1 Å². The molecule has 1 rings (SSSR count). The quantitative estimate of drug-likeness (QED) is 0.528. The van der Waals surface area contributed by atoms with Gasteiger partial charge in [0.05, 0.1) is 1.37 Å². The monoisotopic (exact) mass is 131 g/mol. The molecule has 0 aliphatic carbocycles. The summed E-state index contributed by atoms with van der Waals surface area (Å²) in [6.07, 6.45) is 2.02. The molecule has 0 amide bonds. The first-order valence-electron chi connectivity index (χ1n) is 2.42. The van der Waals surface area contributed by atoms with Gasteiger partial charge in [-0.15, -0.1) is 11.8 Å². The molecule has 0 saturated heterocycles. The van der Waals surface area contributed by atoms with Crippen molar-refractivity contribution in [1.82, 2.24) is 0 Å². The lowest BCUT2D eigenvalue weighted by Gasteiger charge is -1.78. The summed E-state index contributed by atoms with van der Waals surface area (Å²) in [4.78, 5) is 1.19. The van der Waals surface area contributed by atoms with Gasteiger partial charge in [0.1, 0.15) is 0 Å². The standard InChI is InChI=1S/C5H6S2/c1-6-5-2-3-7-4-5/h2-4H,1H3/i3D. The molecule has 7 heavy (non-hydrogen) atoms. The van der Waals surface area contributed by atoms with Gasteiger partial charge >= 0.3 is 0 Å². The van der Waals surface area contributed by atoms with Gasteiger partial charge in [-0.1, -0.05) is 0 Å². The summed E-state index contributed by atoms with van der Waals surface area (Å²) in [7, 11) is 0. The first kappa shape index (κ1) is 3.98. The van der Waals surface area contributed by atoms with E-state index in [4.69, 9.17) is 1.37 Å². The Balaban J connectivity index is 2.84. The Labute approximate surface area is 53.0 Å². The number of rotatable bonds is 1. The lowest BCUT2D eigenvalue weighted by molar-refractivity contribution is 1.60. The van der Waals surface area contributed by atoms with Crippen LogP contribution in [0.1, 0.15) is 1.37 Å². The Bertz CT molecular complexity index is 171. The molecule has 0 nitrogen and oxygen atoms in total. The minimum Gasteiger partial charge on any atom is -0.151 e. The summed E-state index contributed by atoms with van der Waals surface area (Å²) < 4.78 is 7.12. The second kappa shape index (κ2) is 2.38. The average Bonchev–Trinajstić information content (AvgIpc) is 2.14. The second-order valence-corrected chi connectivity index (χ2v) is 2.69. The normalized spacial score (nSPS) is 11.3. The number of hydrogen-bond donors (Lipinski definition) is 0. The van der Waals surface area contributed by atoms with E-state index in [0.29, 0.717) is 5.36 Å². The van der Waals surface area contributed by atoms with Gasteiger partial charge in [0.15, 0.2) is 0 Å². The molecule has 0 N–H and O–H groups in total. The largest absolute Gasteiger partial charge is 0.151 e. The van der Waals surface area contributed by atoms with Crippen LogP contribution in [0.3, 0.4) is 0 Å². The molecule has 0 unspecified atom stereocenters. The molecule has 0 aliphatic rings. The van der Waals surface area contributed by atoms with Crippen LogP contribution < -0.4 is 0 Å². The van der Waals surface area contributed by atoms with Crippen molar-refractivity contribution >= 4 is 23.1 Å². The van der Waals surface area contributed by atoms with E-state index in [-0.39, 0.29) is 0 Å². The van der Waals surface area contributed by atoms with Crippen LogP contribution in [0.4, 0.5) is 0 Å². The molecule has 0 radical (unpaired) electrons. The zero-order valence-corrected chi connectivity index (χ0v) is 5.60. The third-order valence-corrected chi connectivity index (χ3v) is 2.16. The van der Waals surface area contributed by atoms with Gasteiger partial charge in [-0.05, 0) is 17.7 Å². The van der Waals surface area contributed by atoms with E-state index < -0.39 is 0 Å². The van der Waals surface area contributed by atoms with Crippen LogP contribution in [0.5, 0.6) is 0 Å². The molecule has 1 aromatic rings. The van der Waals surface area contributed by atoms with Crippen molar-refractivity contribution in [3.8, 4) is 0 Å². The Morgan fingerprint density at radius 3 is 3.14 bits per heavy atom. The smallest absolute Gasteiger partial charge is 0.0740 e. The lowest BCUT2D eigenvalue weighted by Crippen LogP contribution is -1.49. The molecule has 0 bridgehead atoms. The molecule has 0 spiro atoms. The van der Waals surface area contributed by atoms with Crippen LogP contribution in [-0.2, 0) is 0 Å². The minimum absolute atomic E-state index is 0.648. The van der Waals surface area contributed by atoms with Crippen LogP contribution in [0.15, 0.2) is 21.7 Å². The first-order chi connectivity index (χ1) is 3.83. The predicted molar refractivity (Wildman–Crippen MR) is 36.1 cm³/mol. The topological polar surface area (TPSA) is 0 Å². The first-order valence-corrected chi connectivity index (χ1v) is 4.02. The van der Waals surface area contributed by atoms with E-state index in [1.165, 1.54) is 16.2 Å². The summed E-state index contributed by atoms with van der Waals surface area (Å²) in [6.45, 7) is 0. The minimum atomic E-state index is 0.648. The van der Waals surface area contributed by atoms with E-state index in [9.17, 15) is 0 Å². The summed E-state index contributed by atoms with van der Waals surface area (Å²) in [6, 6.07) is 1.87. The Morgan fingerprint density at radius 2 is 2.86 bits per heavy atom. The number of hydrogen-bond acceptors (Lipinski definition) is 2. The van der Waals surface area contributed by atoms with E-state index >= 15 is 0 Å². The van der Waals surface area contributed by atoms with E-state index in [1.807, 2.05) is 17.7 Å². The highest BCUT2D eigenvalue weighted by atomic mass is 32.2. The van der Waals surface area contributed by atoms with E-state index in [1.54, 1.807) is 11.8 Å². The molecule has 2 heteroatoms. The number of thioether (sulfide) groups is 1. The number of thiophene rings is 1. The second-order valence-electron chi connectivity index (χ2n) is 1.10. The lowest BCUT2D eigenvalue weighted by atomic mass is 10.7. The maximum absolute atomic E-state index is 7.12. The zero-order chi connectivity index (χ0) is 5.98. The summed E-state index contributed by atoms with van der Waals surface area (Å²) in [5.41, 5.74) is 0. The highest BCUT2D eigenvalue weighted by Gasteiger charge is 1.82. The average molecular weight is 131 g/mol. The molecule has 0 atom stereocenters. The third-order valence-electron chi connectivity index (χ3n) is 0.680. The SMILES string of the molecule is [2H]c1cc(SC)cs1. The summed E-state index contributed by atoms with van der Waals surface area (Å²) in [5.74, 6) is 0. The maximum atomic E-state index is 7.12. The fourth-order valence-electron chi connectivity index (χ4n) is 0.325. The van der Waals surface area contributed by atoms with Crippen LogP contribution in [0, 0.1) is 0 Å². The molecular formula is C5H6S2. The Kier molecular flexibility index (Phi) is 1.35. The van der Waals surface area contributed by atoms with Crippen molar-refractivity contribution < 1.29 is 1.37 Å². The zero-order valence-electron chi connectivity index (χ0n) is 4.97. The van der Waals surface area contributed by atoms with Gasteiger partial charge in [-0.2, -0.15) is 11.3 Å². The molecule has 38 valence electrons. The highest BCUT2D eigenvalue weighted by molar-refractivity contribution is 7.98. The molecule has 0 aromatic carbocycles. The van der Waals surface area contributed by atoms with Crippen LogP contribution in [0.2, 0.25) is 0 Å². The third kappa shape index (κ3) is 1.21. The van der Waals surface area contributed by atoms with Crippen LogP contribution in [-0.4, -0.2) is 6.26 Å². The molecule has 0 saturated carbocycles. The molecule has 0 aliphatic heterocycles. The summed E-state index contributed by atoms with van der Waals surface area (Å²) >= 11 is 3.15. The molecule has 1 heterocycles. The Hall–Kier alpha value is 0.0500. The van der Waals surface area contributed by atoms with Gasteiger partial charge in [-0.25, -0.2) is 0 Å². The van der Waals surface area contributed by atoms with Gasteiger partial charge in [0.25, 0.3) is 0 Å². The maximum Gasteiger partial charge on any atom is 0.0740 e. The van der Waals surface area contributed by atoms with Gasteiger partial charge < -0.3 is 0 Å². The molecular weight excluding hydrogens is 124 g/mol. The predicted octanol–water partition coefficient (Wildman–Crippen LogP) is 2.47. The van der Waals surface area contributed by atoms with Crippen molar-refractivity contribution in [2.75, 3.05) is 6.26 Å². The van der Waals surface area contributed by atoms with Crippen molar-refractivity contribution in [3.05, 3.63) is 16.8 Å². The van der Waals surface area contributed by atoms with E-state index in [0.717, 1.165) is 0 Å². The van der Waals surface area contributed by atoms with Crippen molar-refractivity contribution in [2.45, 2.75) is 4.90 Å². The van der Waals surface area contributed by atoms with Crippen molar-refractivity contribution in [3.63, 3.8) is 0 Å². The van der Waals surface area contributed by atoms with Gasteiger partial charge in [-0.3, -0.25) is 0 Å². The Morgan fingerprint density at radius 1 is 2.00 bits per heavy atom. The van der Waals surface area contributed by atoms with Crippen molar-refractivity contribution in [1.29, 1.82) is 0 Å². The fourth-order valence-corrected chi connectivity index (χ4v) is 1.55. The van der Waals surface area contributed by atoms with Crippen LogP contribution in [0.25, 0.3) is 0 Å². The molecule has 0 fully saturated rings. The highest BCUT2D eigenvalue weighted by Crippen LogP contribution is 2.16. The summed E-state index contributed by atoms with van der Waals surface area (Å²) in [5, 5.41) is 2.64.